The molecular weight excluding hydrogens is 572 g/mol. The Bertz CT molecular complexity index is 1440. The molecule has 0 spiro atoms. The van der Waals surface area contributed by atoms with E-state index in [9.17, 15) is 4.79 Å². The highest BCUT2D eigenvalue weighted by molar-refractivity contribution is 9.10. The lowest BCUT2D eigenvalue weighted by molar-refractivity contribution is 0.306. The fraction of sp³-hybridized carbons (Fsp3) is 0.222. The van der Waals surface area contributed by atoms with Crippen molar-refractivity contribution in [2.45, 2.75) is 26.4 Å². The molecule has 0 saturated heterocycles. The van der Waals surface area contributed by atoms with E-state index in [1.165, 1.54) is 4.68 Å². The van der Waals surface area contributed by atoms with Crippen molar-refractivity contribution < 1.29 is 4.74 Å². The number of anilines is 1. The normalized spacial score (nSPS) is 11.5. The van der Waals surface area contributed by atoms with Gasteiger partial charge in [0.1, 0.15) is 18.2 Å². The zero-order chi connectivity index (χ0) is 25.1. The Morgan fingerprint density at radius 3 is 2.43 bits per heavy atom. The molecule has 35 heavy (non-hydrogen) atoms. The van der Waals surface area contributed by atoms with E-state index in [4.69, 9.17) is 9.72 Å². The smallest absolute Gasteiger partial charge is 0.282 e. The number of aromatic nitrogens is 2. The summed E-state index contributed by atoms with van der Waals surface area (Å²) in [7, 11) is 3.96. The van der Waals surface area contributed by atoms with Crippen molar-refractivity contribution in [1.82, 2.24) is 9.66 Å². The van der Waals surface area contributed by atoms with Crippen molar-refractivity contribution in [1.29, 1.82) is 0 Å². The van der Waals surface area contributed by atoms with Gasteiger partial charge in [0.05, 0.1) is 17.1 Å². The minimum atomic E-state index is -0.210. The van der Waals surface area contributed by atoms with Crippen LogP contribution in [0.5, 0.6) is 5.75 Å². The van der Waals surface area contributed by atoms with Gasteiger partial charge in [-0.15, -0.1) is 0 Å². The average Bonchev–Trinajstić information content (AvgIpc) is 2.83. The second-order valence-electron chi connectivity index (χ2n) is 8.68. The summed E-state index contributed by atoms with van der Waals surface area (Å²) >= 11 is 6.91. The fourth-order valence-electron chi connectivity index (χ4n) is 3.55. The Labute approximate surface area is 221 Å². The summed E-state index contributed by atoms with van der Waals surface area (Å²) in [4.78, 5) is 20.1. The molecule has 4 aromatic rings. The van der Waals surface area contributed by atoms with E-state index in [2.05, 4.69) is 37.0 Å². The van der Waals surface area contributed by atoms with E-state index in [1.807, 2.05) is 87.4 Å². The van der Waals surface area contributed by atoms with Gasteiger partial charge in [0, 0.05) is 46.3 Å². The number of halogens is 2. The zero-order valence-corrected chi connectivity index (χ0v) is 23.2. The van der Waals surface area contributed by atoms with Gasteiger partial charge < -0.3 is 9.64 Å². The maximum Gasteiger partial charge on any atom is 0.282 e. The molecule has 0 atom stereocenters. The summed E-state index contributed by atoms with van der Waals surface area (Å²) in [5.74, 6) is 1.29. The molecule has 0 radical (unpaired) electrons. The summed E-state index contributed by atoms with van der Waals surface area (Å²) in [5.41, 5.74) is 3.27. The molecular formula is C27H26Br2N4O2. The number of fused-ring (bicyclic) bond motifs is 1. The molecule has 4 rings (SSSR count). The quantitative estimate of drug-likeness (QED) is 0.226. The van der Waals surface area contributed by atoms with Crippen LogP contribution in [0.25, 0.3) is 10.9 Å². The van der Waals surface area contributed by atoms with E-state index in [-0.39, 0.29) is 11.5 Å². The molecule has 8 heteroatoms. The minimum absolute atomic E-state index is 0.0112. The minimum Gasteiger partial charge on any atom is -0.488 e. The fourth-order valence-corrected chi connectivity index (χ4v) is 4.17. The Morgan fingerprint density at radius 2 is 1.74 bits per heavy atom. The number of hydrogen-bond donors (Lipinski definition) is 0. The molecule has 0 fully saturated rings. The first-order valence-corrected chi connectivity index (χ1v) is 12.8. The Kier molecular flexibility index (Phi) is 7.72. The summed E-state index contributed by atoms with van der Waals surface area (Å²) < 4.78 is 9.42. The molecule has 180 valence electrons. The van der Waals surface area contributed by atoms with Crippen LogP contribution in [0.15, 0.2) is 79.5 Å². The molecule has 0 N–H and O–H groups in total. The van der Waals surface area contributed by atoms with Crippen LogP contribution < -0.4 is 15.2 Å². The molecule has 0 unspecified atom stereocenters. The van der Waals surface area contributed by atoms with Crippen LogP contribution in [0, 0.1) is 0 Å². The summed E-state index contributed by atoms with van der Waals surface area (Å²) in [5, 5.41) is 5.09. The van der Waals surface area contributed by atoms with Crippen LogP contribution in [0.3, 0.4) is 0 Å². The Hall–Kier alpha value is -2.97. The molecule has 0 amide bonds. The first kappa shape index (κ1) is 25.1. The van der Waals surface area contributed by atoms with Crippen molar-refractivity contribution >= 4 is 54.7 Å². The highest BCUT2D eigenvalue weighted by atomic mass is 79.9. The summed E-state index contributed by atoms with van der Waals surface area (Å²) in [6.45, 7) is 4.40. The number of hydrogen-bond acceptors (Lipinski definition) is 5. The van der Waals surface area contributed by atoms with E-state index in [1.54, 1.807) is 12.3 Å². The number of rotatable bonds is 7. The lowest BCUT2D eigenvalue weighted by Crippen LogP contribution is -2.23. The lowest BCUT2D eigenvalue weighted by Gasteiger charge is -2.16. The maximum atomic E-state index is 13.3. The van der Waals surface area contributed by atoms with E-state index >= 15 is 0 Å². The van der Waals surface area contributed by atoms with Crippen LogP contribution in [-0.2, 0) is 6.61 Å². The molecule has 0 saturated carbocycles. The van der Waals surface area contributed by atoms with Crippen LogP contribution >= 0.6 is 31.9 Å². The van der Waals surface area contributed by atoms with Gasteiger partial charge in [0.15, 0.2) is 0 Å². The van der Waals surface area contributed by atoms with Crippen LogP contribution in [0.2, 0.25) is 0 Å². The third-order valence-corrected chi connectivity index (χ3v) is 6.51. The van der Waals surface area contributed by atoms with Gasteiger partial charge in [-0.25, -0.2) is 4.98 Å². The molecule has 0 aliphatic heterocycles. The van der Waals surface area contributed by atoms with Gasteiger partial charge in [-0.05, 0) is 48.0 Å². The first-order valence-electron chi connectivity index (χ1n) is 11.2. The number of ether oxygens (including phenoxy) is 1. The second-order valence-corrected chi connectivity index (χ2v) is 10.5. The topological polar surface area (TPSA) is 59.7 Å². The second kappa shape index (κ2) is 10.7. The van der Waals surface area contributed by atoms with Gasteiger partial charge in [-0.1, -0.05) is 57.8 Å². The van der Waals surface area contributed by atoms with Crippen molar-refractivity contribution in [2.24, 2.45) is 5.10 Å². The largest absolute Gasteiger partial charge is 0.488 e. The zero-order valence-electron chi connectivity index (χ0n) is 20.0. The van der Waals surface area contributed by atoms with Gasteiger partial charge in [-0.2, -0.15) is 9.78 Å². The van der Waals surface area contributed by atoms with Crippen molar-refractivity contribution in [2.75, 3.05) is 19.0 Å². The average molecular weight is 598 g/mol. The molecule has 1 aromatic heterocycles. The molecule has 0 bridgehead atoms. The van der Waals surface area contributed by atoms with Crippen LogP contribution in [-0.4, -0.2) is 30.0 Å². The Morgan fingerprint density at radius 1 is 1.03 bits per heavy atom. The molecule has 1 heterocycles. The highest BCUT2D eigenvalue weighted by Gasteiger charge is 2.14. The van der Waals surface area contributed by atoms with Gasteiger partial charge >= 0.3 is 0 Å². The molecule has 6 nitrogen and oxygen atoms in total. The maximum absolute atomic E-state index is 13.3. The number of benzene rings is 3. The third-order valence-electron chi connectivity index (χ3n) is 5.48. The third kappa shape index (κ3) is 5.82. The van der Waals surface area contributed by atoms with E-state index < -0.39 is 0 Å². The van der Waals surface area contributed by atoms with Crippen molar-refractivity contribution in [3.8, 4) is 5.75 Å². The predicted molar refractivity (Wildman–Crippen MR) is 150 cm³/mol. The van der Waals surface area contributed by atoms with Crippen molar-refractivity contribution in [3.63, 3.8) is 0 Å². The Balaban J connectivity index is 1.75. The molecule has 3 aromatic carbocycles. The van der Waals surface area contributed by atoms with Crippen LogP contribution in [0.4, 0.5) is 5.69 Å². The highest BCUT2D eigenvalue weighted by Crippen LogP contribution is 2.26. The summed E-state index contributed by atoms with van der Waals surface area (Å²) in [6, 6.07) is 19.4. The molecule has 0 aliphatic rings. The lowest BCUT2D eigenvalue weighted by atomic mass is 10.1. The monoisotopic (exact) mass is 596 g/mol. The van der Waals surface area contributed by atoms with Gasteiger partial charge in [0.25, 0.3) is 5.56 Å². The SMILES string of the molecule is CC(C)c1nc2ccc(Br)cc2c(=O)n1N=Cc1ccc(N(C)C)cc1OCc1ccc(Br)cc1. The standard InChI is InChI=1S/C27H26Br2N4O2/c1-17(2)26-31-24-12-10-21(29)13-23(24)27(34)33(26)30-15-19-7-11-22(32(3)4)14-25(19)35-16-18-5-8-20(28)9-6-18/h5-15,17H,16H2,1-4H3. The van der Waals surface area contributed by atoms with Crippen molar-refractivity contribution in [3.05, 3.63) is 96.9 Å². The van der Waals surface area contributed by atoms with E-state index in [0.717, 1.165) is 25.8 Å². The van der Waals surface area contributed by atoms with E-state index in [0.29, 0.717) is 29.1 Å². The van der Waals surface area contributed by atoms with Crippen LogP contribution in [0.1, 0.15) is 36.7 Å². The predicted octanol–water partition coefficient (Wildman–Crippen LogP) is 6.57. The summed E-state index contributed by atoms with van der Waals surface area (Å²) in [6.07, 6.45) is 1.66. The first-order chi connectivity index (χ1) is 16.7. The van der Waals surface area contributed by atoms with Gasteiger partial charge in [-0.3, -0.25) is 4.79 Å². The molecule has 0 aliphatic carbocycles. The van der Waals surface area contributed by atoms with Gasteiger partial charge in [0.2, 0.25) is 0 Å². The number of nitrogens with zero attached hydrogens (tertiary/aromatic N) is 4.